The maximum atomic E-state index is 10.9. The van der Waals surface area contributed by atoms with E-state index in [1.54, 1.807) is 0 Å². The molecule has 5 nitrogen and oxygen atoms in total. The van der Waals surface area contributed by atoms with Crippen molar-refractivity contribution >= 4 is 5.97 Å². The van der Waals surface area contributed by atoms with Gasteiger partial charge in [-0.2, -0.15) is 0 Å². The van der Waals surface area contributed by atoms with Crippen molar-refractivity contribution in [1.29, 1.82) is 0 Å². The second-order valence-electron chi connectivity index (χ2n) is 2.94. The van der Waals surface area contributed by atoms with Crippen molar-refractivity contribution in [3.63, 3.8) is 0 Å². The van der Waals surface area contributed by atoms with Crippen LogP contribution in [-0.4, -0.2) is 31.9 Å². The molecule has 0 aliphatic carbocycles. The molecular weight excluding hydrogens is 212 g/mol. The molecule has 0 saturated heterocycles. The zero-order valence-electron chi connectivity index (χ0n) is 9.44. The number of ether oxygens (including phenoxy) is 3. The van der Waals surface area contributed by atoms with E-state index in [4.69, 9.17) is 19.3 Å². The molecular formula is C11H14O5. The molecule has 16 heavy (non-hydrogen) atoms. The lowest BCUT2D eigenvalue weighted by molar-refractivity contribution is 0.0693. The van der Waals surface area contributed by atoms with E-state index in [0.717, 1.165) is 0 Å². The van der Waals surface area contributed by atoms with Crippen LogP contribution in [0, 0.1) is 0 Å². The summed E-state index contributed by atoms with van der Waals surface area (Å²) in [6, 6.07) is 2.89. The number of hydrogen-bond donors (Lipinski definition) is 1. The molecule has 0 amide bonds. The molecule has 0 bridgehead atoms. The standard InChI is InChI=1S/C11H14O5/c1-4-16-10-6-8(14-2)7(11(12)13)5-9(10)15-3/h5-6H,4H2,1-3H3,(H,12,13). The van der Waals surface area contributed by atoms with Gasteiger partial charge in [-0.15, -0.1) is 0 Å². The van der Waals surface area contributed by atoms with Gasteiger partial charge in [0.2, 0.25) is 0 Å². The fourth-order valence-electron chi connectivity index (χ4n) is 1.31. The second kappa shape index (κ2) is 5.25. The molecule has 0 fully saturated rings. The van der Waals surface area contributed by atoms with Gasteiger partial charge in [0, 0.05) is 12.1 Å². The normalized spacial score (nSPS) is 9.69. The van der Waals surface area contributed by atoms with Crippen LogP contribution in [-0.2, 0) is 0 Å². The number of benzene rings is 1. The smallest absolute Gasteiger partial charge is 0.339 e. The topological polar surface area (TPSA) is 65.0 Å². The van der Waals surface area contributed by atoms with Crippen LogP contribution in [0.3, 0.4) is 0 Å². The van der Waals surface area contributed by atoms with Gasteiger partial charge < -0.3 is 19.3 Å². The summed E-state index contributed by atoms with van der Waals surface area (Å²) in [5.74, 6) is 0.0156. The summed E-state index contributed by atoms with van der Waals surface area (Å²) in [4.78, 5) is 10.9. The molecule has 0 aliphatic heterocycles. The number of aromatic carboxylic acids is 1. The van der Waals surface area contributed by atoms with Gasteiger partial charge >= 0.3 is 5.97 Å². The summed E-state index contributed by atoms with van der Waals surface area (Å²) in [5, 5.41) is 8.96. The Morgan fingerprint density at radius 3 is 2.25 bits per heavy atom. The Labute approximate surface area is 93.6 Å². The number of rotatable bonds is 5. The minimum Gasteiger partial charge on any atom is -0.496 e. The summed E-state index contributed by atoms with van der Waals surface area (Å²) in [7, 11) is 2.86. The van der Waals surface area contributed by atoms with E-state index in [1.807, 2.05) is 6.92 Å². The number of carboxylic acid groups (broad SMARTS) is 1. The maximum Gasteiger partial charge on any atom is 0.339 e. The van der Waals surface area contributed by atoms with Crippen molar-refractivity contribution in [2.24, 2.45) is 0 Å². The molecule has 0 radical (unpaired) electrons. The molecule has 1 aromatic carbocycles. The van der Waals surface area contributed by atoms with Gasteiger partial charge in [-0.1, -0.05) is 0 Å². The summed E-state index contributed by atoms with van der Waals surface area (Å²) >= 11 is 0. The first-order chi connectivity index (χ1) is 7.63. The van der Waals surface area contributed by atoms with Crippen LogP contribution in [0.15, 0.2) is 12.1 Å². The van der Waals surface area contributed by atoms with Crippen molar-refractivity contribution < 1.29 is 24.1 Å². The van der Waals surface area contributed by atoms with Crippen LogP contribution >= 0.6 is 0 Å². The first kappa shape index (κ1) is 12.2. The number of methoxy groups -OCH3 is 2. The van der Waals surface area contributed by atoms with Gasteiger partial charge in [0.15, 0.2) is 11.5 Å². The Kier molecular flexibility index (Phi) is 3.99. The van der Waals surface area contributed by atoms with Crippen LogP contribution < -0.4 is 14.2 Å². The summed E-state index contributed by atoms with van der Waals surface area (Å²) < 4.78 is 15.3. The highest BCUT2D eigenvalue weighted by atomic mass is 16.5. The van der Waals surface area contributed by atoms with Gasteiger partial charge in [-0.3, -0.25) is 0 Å². The van der Waals surface area contributed by atoms with Crippen molar-refractivity contribution in [1.82, 2.24) is 0 Å². The number of carbonyl (C=O) groups is 1. The molecule has 88 valence electrons. The molecule has 0 atom stereocenters. The van der Waals surface area contributed by atoms with Gasteiger partial charge in [0.1, 0.15) is 11.3 Å². The third-order valence-electron chi connectivity index (χ3n) is 2.02. The minimum absolute atomic E-state index is 0.0443. The zero-order valence-corrected chi connectivity index (χ0v) is 9.44. The second-order valence-corrected chi connectivity index (χ2v) is 2.94. The quantitative estimate of drug-likeness (QED) is 0.829. The maximum absolute atomic E-state index is 10.9. The van der Waals surface area contributed by atoms with Gasteiger partial charge in [0.05, 0.1) is 20.8 Å². The van der Waals surface area contributed by atoms with Gasteiger partial charge in [-0.05, 0) is 6.92 Å². The van der Waals surface area contributed by atoms with Gasteiger partial charge in [0.25, 0.3) is 0 Å². The Morgan fingerprint density at radius 2 is 1.81 bits per heavy atom. The Balaban J connectivity index is 3.28. The molecule has 1 N–H and O–H groups in total. The van der Waals surface area contributed by atoms with E-state index < -0.39 is 5.97 Å². The zero-order chi connectivity index (χ0) is 12.1. The Morgan fingerprint density at radius 1 is 1.19 bits per heavy atom. The lowest BCUT2D eigenvalue weighted by Crippen LogP contribution is -2.03. The highest BCUT2D eigenvalue weighted by Crippen LogP contribution is 2.34. The van der Waals surface area contributed by atoms with Crippen LogP contribution in [0.4, 0.5) is 0 Å². The Bertz CT molecular complexity index is 386. The molecule has 0 aromatic heterocycles. The molecule has 0 aliphatic rings. The lowest BCUT2D eigenvalue weighted by atomic mass is 10.1. The molecule has 1 aromatic rings. The molecule has 5 heteroatoms. The van der Waals surface area contributed by atoms with Crippen LogP contribution in [0.1, 0.15) is 17.3 Å². The third-order valence-corrected chi connectivity index (χ3v) is 2.02. The van der Waals surface area contributed by atoms with Crippen LogP contribution in [0.2, 0.25) is 0 Å². The van der Waals surface area contributed by atoms with Gasteiger partial charge in [-0.25, -0.2) is 4.79 Å². The fourth-order valence-corrected chi connectivity index (χ4v) is 1.31. The largest absolute Gasteiger partial charge is 0.496 e. The van der Waals surface area contributed by atoms with E-state index in [0.29, 0.717) is 18.1 Å². The monoisotopic (exact) mass is 226 g/mol. The lowest BCUT2D eigenvalue weighted by Gasteiger charge is -2.12. The summed E-state index contributed by atoms with van der Waals surface area (Å²) in [6.07, 6.45) is 0. The minimum atomic E-state index is -1.07. The van der Waals surface area contributed by atoms with E-state index in [2.05, 4.69) is 0 Å². The molecule has 0 unspecified atom stereocenters. The predicted octanol–water partition coefficient (Wildman–Crippen LogP) is 1.80. The highest BCUT2D eigenvalue weighted by Gasteiger charge is 2.16. The number of carboxylic acids is 1. The SMILES string of the molecule is CCOc1cc(OC)c(C(=O)O)cc1OC. The average Bonchev–Trinajstić information content (AvgIpc) is 2.28. The Hall–Kier alpha value is -1.91. The first-order valence-electron chi connectivity index (χ1n) is 4.76. The summed E-state index contributed by atoms with van der Waals surface area (Å²) in [5.41, 5.74) is 0.0443. The third kappa shape index (κ3) is 2.36. The first-order valence-corrected chi connectivity index (χ1v) is 4.76. The van der Waals surface area contributed by atoms with Crippen molar-refractivity contribution in [3.8, 4) is 17.2 Å². The highest BCUT2D eigenvalue weighted by molar-refractivity contribution is 5.92. The van der Waals surface area contributed by atoms with E-state index in [9.17, 15) is 4.79 Å². The van der Waals surface area contributed by atoms with Crippen molar-refractivity contribution in [2.45, 2.75) is 6.92 Å². The fraction of sp³-hybridized carbons (Fsp3) is 0.364. The molecule has 0 heterocycles. The van der Waals surface area contributed by atoms with Crippen molar-refractivity contribution in [3.05, 3.63) is 17.7 Å². The summed E-state index contributed by atoms with van der Waals surface area (Å²) in [6.45, 7) is 2.29. The average molecular weight is 226 g/mol. The van der Waals surface area contributed by atoms with E-state index in [1.165, 1.54) is 26.4 Å². The van der Waals surface area contributed by atoms with Crippen LogP contribution in [0.5, 0.6) is 17.2 Å². The number of hydrogen-bond acceptors (Lipinski definition) is 4. The van der Waals surface area contributed by atoms with Crippen LogP contribution in [0.25, 0.3) is 0 Å². The van der Waals surface area contributed by atoms with E-state index >= 15 is 0 Å². The van der Waals surface area contributed by atoms with Crippen molar-refractivity contribution in [2.75, 3.05) is 20.8 Å². The molecule has 0 saturated carbocycles. The molecule has 1 rings (SSSR count). The van der Waals surface area contributed by atoms with E-state index in [-0.39, 0.29) is 11.3 Å². The molecule has 0 spiro atoms. The predicted molar refractivity (Wildman–Crippen MR) is 57.7 cm³/mol.